The first-order chi connectivity index (χ1) is 13.1. The van der Waals surface area contributed by atoms with Gasteiger partial charge in [0.1, 0.15) is 5.75 Å². The third kappa shape index (κ3) is 3.96. The molecule has 3 aromatic rings. The molecule has 0 bridgehead atoms. The predicted octanol–water partition coefficient (Wildman–Crippen LogP) is 3.93. The molecule has 1 aliphatic heterocycles. The summed E-state index contributed by atoms with van der Waals surface area (Å²) in [6.07, 6.45) is 0.0433. The molecule has 6 nitrogen and oxygen atoms in total. The zero-order valence-electron chi connectivity index (χ0n) is 16.0. The molecule has 0 radical (unpaired) electrons. The highest BCUT2D eigenvalue weighted by molar-refractivity contribution is 5.84. The Morgan fingerprint density at radius 3 is 2.78 bits per heavy atom. The molecule has 0 aliphatic carbocycles. The summed E-state index contributed by atoms with van der Waals surface area (Å²) in [5.74, 6) is 2.56. The Hall–Kier alpha value is -2.44. The highest BCUT2D eigenvalue weighted by Gasteiger charge is 2.24. The van der Waals surface area contributed by atoms with Crippen molar-refractivity contribution in [3.05, 3.63) is 53.7 Å². The van der Waals surface area contributed by atoms with Gasteiger partial charge >= 0.3 is 0 Å². The van der Waals surface area contributed by atoms with Crippen molar-refractivity contribution in [2.24, 2.45) is 0 Å². The van der Waals surface area contributed by atoms with Crippen LogP contribution in [0.25, 0.3) is 10.8 Å². The van der Waals surface area contributed by atoms with Gasteiger partial charge in [0.25, 0.3) is 0 Å². The minimum absolute atomic E-state index is 0.0433. The van der Waals surface area contributed by atoms with Gasteiger partial charge in [-0.15, -0.1) is 0 Å². The summed E-state index contributed by atoms with van der Waals surface area (Å²) in [5.41, 5.74) is 1.19. The van der Waals surface area contributed by atoms with Crippen molar-refractivity contribution in [2.45, 2.75) is 32.4 Å². The van der Waals surface area contributed by atoms with E-state index in [2.05, 4.69) is 59.2 Å². The van der Waals surface area contributed by atoms with E-state index in [1.807, 2.05) is 6.07 Å². The summed E-state index contributed by atoms with van der Waals surface area (Å²) in [6.45, 7) is 7.16. The van der Waals surface area contributed by atoms with Gasteiger partial charge in [-0.05, 0) is 34.5 Å². The smallest absolute Gasteiger partial charge is 0.229 e. The van der Waals surface area contributed by atoms with Crippen molar-refractivity contribution in [2.75, 3.05) is 26.8 Å². The van der Waals surface area contributed by atoms with Crippen LogP contribution in [-0.2, 0) is 11.3 Å². The number of fused-ring (bicyclic) bond motifs is 1. The second kappa shape index (κ2) is 7.66. The first-order valence-corrected chi connectivity index (χ1v) is 9.36. The fourth-order valence-corrected chi connectivity index (χ4v) is 3.38. The lowest BCUT2D eigenvalue weighted by Crippen LogP contribution is -2.38. The number of hydrogen-bond acceptors (Lipinski definition) is 6. The minimum Gasteiger partial charge on any atom is -0.497 e. The fraction of sp³-hybridized carbons (Fsp3) is 0.429. The summed E-state index contributed by atoms with van der Waals surface area (Å²) >= 11 is 0. The first-order valence-electron chi connectivity index (χ1n) is 9.36. The van der Waals surface area contributed by atoms with E-state index < -0.39 is 0 Å². The van der Waals surface area contributed by atoms with Gasteiger partial charge in [0.15, 0.2) is 5.82 Å². The van der Waals surface area contributed by atoms with Crippen molar-refractivity contribution in [3.8, 4) is 5.75 Å². The van der Waals surface area contributed by atoms with Crippen molar-refractivity contribution in [1.82, 2.24) is 15.0 Å². The van der Waals surface area contributed by atoms with Crippen LogP contribution in [0.5, 0.6) is 5.75 Å². The lowest BCUT2D eigenvalue weighted by molar-refractivity contribution is -0.0337. The molecule has 4 rings (SSSR count). The topological polar surface area (TPSA) is 60.6 Å². The third-order valence-electron chi connectivity index (χ3n) is 4.94. The van der Waals surface area contributed by atoms with Crippen LogP contribution in [0.1, 0.15) is 43.1 Å². The lowest BCUT2D eigenvalue weighted by Gasteiger charge is -2.32. The maximum absolute atomic E-state index is 6.04. The Labute approximate surface area is 159 Å². The van der Waals surface area contributed by atoms with Crippen LogP contribution in [0.15, 0.2) is 40.9 Å². The van der Waals surface area contributed by atoms with Gasteiger partial charge in [-0.3, -0.25) is 4.90 Å². The van der Waals surface area contributed by atoms with Crippen LogP contribution >= 0.6 is 0 Å². The van der Waals surface area contributed by atoms with Crippen molar-refractivity contribution in [1.29, 1.82) is 0 Å². The number of aromatic nitrogens is 2. The molecule has 2 aromatic carbocycles. The quantitative estimate of drug-likeness (QED) is 0.681. The minimum atomic E-state index is 0.0433. The van der Waals surface area contributed by atoms with Crippen LogP contribution < -0.4 is 4.74 Å². The van der Waals surface area contributed by atoms with Crippen molar-refractivity contribution >= 4 is 10.8 Å². The molecule has 0 amide bonds. The number of morpholine rings is 1. The van der Waals surface area contributed by atoms with E-state index in [1.165, 1.54) is 16.3 Å². The molecule has 1 atom stereocenters. The number of rotatable bonds is 5. The maximum atomic E-state index is 6.04. The molecular formula is C21H25N3O3. The zero-order valence-corrected chi connectivity index (χ0v) is 16.0. The van der Waals surface area contributed by atoms with Gasteiger partial charge in [0.05, 0.1) is 26.4 Å². The van der Waals surface area contributed by atoms with E-state index in [0.717, 1.165) is 24.7 Å². The predicted molar refractivity (Wildman–Crippen MR) is 103 cm³/mol. The summed E-state index contributed by atoms with van der Waals surface area (Å²) < 4.78 is 16.7. The SMILES string of the molecule is COc1ccc2cc([C@@H]3CN(Cc4noc(C(C)C)n4)CCO3)ccc2c1. The fourth-order valence-electron chi connectivity index (χ4n) is 3.38. The average Bonchev–Trinajstić information content (AvgIpc) is 3.16. The monoisotopic (exact) mass is 367 g/mol. The first kappa shape index (κ1) is 17.9. The molecule has 1 aliphatic rings. The second-order valence-corrected chi connectivity index (χ2v) is 7.27. The van der Waals surface area contributed by atoms with Crippen molar-refractivity contribution < 1.29 is 14.0 Å². The Balaban J connectivity index is 1.48. The molecule has 0 N–H and O–H groups in total. The van der Waals surface area contributed by atoms with Crippen LogP contribution in [-0.4, -0.2) is 41.8 Å². The molecule has 1 aromatic heterocycles. The molecule has 0 saturated carbocycles. The Morgan fingerprint density at radius 1 is 1.19 bits per heavy atom. The van der Waals surface area contributed by atoms with Crippen LogP contribution in [0.3, 0.4) is 0 Å². The molecule has 0 unspecified atom stereocenters. The van der Waals surface area contributed by atoms with E-state index in [-0.39, 0.29) is 12.0 Å². The standard InChI is InChI=1S/C21H25N3O3/c1-14(2)21-22-20(23-27-21)13-24-8-9-26-19(12-24)17-5-4-16-11-18(25-3)7-6-15(16)10-17/h4-7,10-11,14,19H,8-9,12-13H2,1-3H3/t19-/m0/s1. The van der Waals surface area contributed by atoms with E-state index in [9.17, 15) is 0 Å². The van der Waals surface area contributed by atoms with Crippen molar-refractivity contribution in [3.63, 3.8) is 0 Å². The van der Waals surface area contributed by atoms with E-state index in [0.29, 0.717) is 19.0 Å². The van der Waals surface area contributed by atoms with E-state index in [4.69, 9.17) is 14.0 Å². The largest absolute Gasteiger partial charge is 0.497 e. The summed E-state index contributed by atoms with van der Waals surface area (Å²) in [7, 11) is 1.69. The van der Waals surface area contributed by atoms with Gasteiger partial charge in [-0.1, -0.05) is 37.2 Å². The molecule has 1 fully saturated rings. The maximum Gasteiger partial charge on any atom is 0.229 e. The normalized spacial score (nSPS) is 18.3. The molecule has 6 heteroatoms. The van der Waals surface area contributed by atoms with Crippen LogP contribution in [0, 0.1) is 0 Å². The van der Waals surface area contributed by atoms with Crippen LogP contribution in [0.4, 0.5) is 0 Å². The van der Waals surface area contributed by atoms with Gasteiger partial charge in [-0.2, -0.15) is 4.98 Å². The number of ether oxygens (including phenoxy) is 2. The molecule has 27 heavy (non-hydrogen) atoms. The number of methoxy groups -OCH3 is 1. The van der Waals surface area contributed by atoms with Gasteiger partial charge in [0.2, 0.25) is 5.89 Å². The summed E-state index contributed by atoms with van der Waals surface area (Å²) in [5, 5.41) is 6.46. The number of benzene rings is 2. The average molecular weight is 367 g/mol. The summed E-state index contributed by atoms with van der Waals surface area (Å²) in [6, 6.07) is 12.6. The summed E-state index contributed by atoms with van der Waals surface area (Å²) in [4.78, 5) is 6.81. The Morgan fingerprint density at radius 2 is 2.00 bits per heavy atom. The molecular weight excluding hydrogens is 342 g/mol. The van der Waals surface area contributed by atoms with E-state index >= 15 is 0 Å². The van der Waals surface area contributed by atoms with Crippen LogP contribution in [0.2, 0.25) is 0 Å². The van der Waals surface area contributed by atoms with E-state index in [1.54, 1.807) is 7.11 Å². The Kier molecular flexibility index (Phi) is 5.09. The third-order valence-corrected chi connectivity index (χ3v) is 4.94. The van der Waals surface area contributed by atoms with Gasteiger partial charge in [0, 0.05) is 19.0 Å². The molecule has 0 spiro atoms. The molecule has 142 valence electrons. The second-order valence-electron chi connectivity index (χ2n) is 7.27. The molecule has 1 saturated heterocycles. The highest BCUT2D eigenvalue weighted by Crippen LogP contribution is 2.28. The number of nitrogens with zero attached hydrogens (tertiary/aromatic N) is 3. The molecule has 2 heterocycles. The highest BCUT2D eigenvalue weighted by atomic mass is 16.5. The van der Waals surface area contributed by atoms with Gasteiger partial charge in [-0.25, -0.2) is 0 Å². The van der Waals surface area contributed by atoms with Gasteiger partial charge < -0.3 is 14.0 Å². The Bertz CT molecular complexity index is 922. The zero-order chi connectivity index (χ0) is 18.8. The lowest BCUT2D eigenvalue weighted by atomic mass is 10.0. The number of hydrogen-bond donors (Lipinski definition) is 0.